The van der Waals surface area contributed by atoms with Gasteiger partial charge in [-0.1, -0.05) is 6.07 Å². The minimum atomic E-state index is -0.230. The van der Waals surface area contributed by atoms with Gasteiger partial charge < -0.3 is 25.3 Å². The summed E-state index contributed by atoms with van der Waals surface area (Å²) < 4.78 is 5.95. The number of ketones is 1. The predicted molar refractivity (Wildman–Crippen MR) is 124 cm³/mol. The number of fused-ring (bicyclic) bond motifs is 2. The van der Waals surface area contributed by atoms with Gasteiger partial charge in [0.05, 0.1) is 11.1 Å². The second-order valence-electron chi connectivity index (χ2n) is 7.35. The maximum absolute atomic E-state index is 12.9. The maximum Gasteiger partial charge on any atom is 0.231 e. The molecule has 7 nitrogen and oxygen atoms in total. The lowest BCUT2D eigenvalue weighted by Crippen LogP contribution is -2.42. The highest BCUT2D eigenvalue weighted by Gasteiger charge is 2.32. The summed E-state index contributed by atoms with van der Waals surface area (Å²) in [5.74, 6) is 0.628. The largest absolute Gasteiger partial charge is 0.507 e. The monoisotopic (exact) mass is 463 g/mol. The average Bonchev–Trinajstić information content (AvgIpc) is 3.28. The number of aromatic amines is 1. The quantitative estimate of drug-likeness (QED) is 0.444. The first-order valence-corrected chi connectivity index (χ1v) is 9.63. The molecule has 9 heteroatoms. The summed E-state index contributed by atoms with van der Waals surface area (Å²) in [4.78, 5) is 18.2. The lowest BCUT2D eigenvalue weighted by Gasteiger charge is -2.27. The van der Waals surface area contributed by atoms with E-state index < -0.39 is 0 Å². The molecule has 3 aromatic rings. The van der Waals surface area contributed by atoms with Crippen LogP contribution in [-0.2, 0) is 6.54 Å². The van der Waals surface area contributed by atoms with Crippen LogP contribution >= 0.6 is 24.8 Å². The third-order valence-corrected chi connectivity index (χ3v) is 5.51. The summed E-state index contributed by atoms with van der Waals surface area (Å²) in [5, 5.41) is 24.6. The van der Waals surface area contributed by atoms with E-state index in [0.29, 0.717) is 34.4 Å². The van der Waals surface area contributed by atoms with Crippen LogP contribution in [-0.4, -0.2) is 52.1 Å². The molecule has 2 aliphatic heterocycles. The standard InChI is InChI=1S/C22H21N3O4.2ClH/c26-17-5-4-14-21(28)19(10-13-11-24-16-2-1-3-18(27)20(13)16)29-22(14)15(17)12-25-8-6-23-7-9-25;;/h1-5,10-11,23-24,26-27H,6-9,12H2;2*1H/b19-10-;;. The Balaban J connectivity index is 0.00000136. The van der Waals surface area contributed by atoms with E-state index in [-0.39, 0.29) is 47.9 Å². The molecule has 0 amide bonds. The molecule has 0 saturated carbocycles. The van der Waals surface area contributed by atoms with Crippen LogP contribution in [0, 0.1) is 0 Å². The van der Waals surface area contributed by atoms with Gasteiger partial charge in [0.15, 0.2) is 5.76 Å². The van der Waals surface area contributed by atoms with Crippen molar-refractivity contribution in [2.45, 2.75) is 6.54 Å². The van der Waals surface area contributed by atoms with Crippen molar-refractivity contribution in [1.29, 1.82) is 0 Å². The van der Waals surface area contributed by atoms with E-state index in [1.807, 2.05) is 6.07 Å². The molecule has 1 fully saturated rings. The third kappa shape index (κ3) is 4.09. The van der Waals surface area contributed by atoms with Gasteiger partial charge in [0.25, 0.3) is 0 Å². The number of aromatic nitrogens is 1. The smallest absolute Gasteiger partial charge is 0.231 e. The molecule has 1 aromatic heterocycles. The molecule has 0 atom stereocenters. The number of rotatable bonds is 3. The normalized spacial score (nSPS) is 17.2. The molecule has 0 bridgehead atoms. The third-order valence-electron chi connectivity index (χ3n) is 5.51. The zero-order valence-electron chi connectivity index (χ0n) is 16.6. The average molecular weight is 464 g/mol. The van der Waals surface area contributed by atoms with Crippen LogP contribution in [0.3, 0.4) is 0 Å². The molecule has 164 valence electrons. The molecular weight excluding hydrogens is 441 g/mol. The van der Waals surface area contributed by atoms with Gasteiger partial charge in [-0.25, -0.2) is 0 Å². The van der Waals surface area contributed by atoms with Crippen molar-refractivity contribution in [2.24, 2.45) is 0 Å². The number of hydrogen-bond acceptors (Lipinski definition) is 6. The molecule has 0 radical (unpaired) electrons. The van der Waals surface area contributed by atoms with Gasteiger partial charge in [-0.2, -0.15) is 0 Å². The first kappa shape index (κ1) is 23.0. The van der Waals surface area contributed by atoms with Crippen LogP contribution in [0.2, 0.25) is 0 Å². The highest BCUT2D eigenvalue weighted by molar-refractivity contribution is 6.15. The number of nitrogens with zero attached hydrogens (tertiary/aromatic N) is 1. The first-order valence-electron chi connectivity index (χ1n) is 9.63. The van der Waals surface area contributed by atoms with Gasteiger partial charge in [0.2, 0.25) is 5.78 Å². The maximum atomic E-state index is 12.9. The van der Waals surface area contributed by atoms with Crippen molar-refractivity contribution >= 4 is 47.6 Å². The van der Waals surface area contributed by atoms with Crippen molar-refractivity contribution < 1.29 is 19.7 Å². The minimum Gasteiger partial charge on any atom is -0.507 e. The van der Waals surface area contributed by atoms with Gasteiger partial charge in [-0.3, -0.25) is 9.69 Å². The summed E-state index contributed by atoms with van der Waals surface area (Å²) in [6, 6.07) is 8.36. The Morgan fingerprint density at radius 3 is 2.61 bits per heavy atom. The van der Waals surface area contributed by atoms with E-state index in [0.717, 1.165) is 31.7 Å². The molecule has 0 aliphatic carbocycles. The summed E-state index contributed by atoms with van der Waals surface area (Å²) in [6.45, 7) is 4.05. The Morgan fingerprint density at radius 2 is 1.84 bits per heavy atom. The van der Waals surface area contributed by atoms with E-state index in [1.54, 1.807) is 36.5 Å². The number of carbonyl (C=O) groups excluding carboxylic acids is 1. The Bertz CT molecular complexity index is 1150. The number of nitrogens with one attached hydrogen (secondary N) is 2. The van der Waals surface area contributed by atoms with Crippen molar-refractivity contribution in [3.8, 4) is 17.2 Å². The Labute approximate surface area is 191 Å². The number of ether oxygens (including phenoxy) is 1. The molecule has 0 spiro atoms. The Kier molecular flexibility index (Phi) is 6.81. The SMILES string of the molecule is Cl.Cl.O=C1/C(=C/c2c[nH]c3cccc(O)c23)Oc2c1ccc(O)c2CN1CCNCC1. The summed E-state index contributed by atoms with van der Waals surface area (Å²) in [7, 11) is 0. The van der Waals surface area contributed by atoms with E-state index in [2.05, 4.69) is 15.2 Å². The zero-order chi connectivity index (χ0) is 20.0. The topological polar surface area (TPSA) is 97.8 Å². The first-order chi connectivity index (χ1) is 14.1. The molecular formula is C22H23Cl2N3O4. The molecule has 31 heavy (non-hydrogen) atoms. The van der Waals surface area contributed by atoms with Crippen LogP contribution in [0.1, 0.15) is 21.5 Å². The number of Topliss-reactive ketones (excluding diaryl/α,β-unsaturated/α-hetero) is 1. The number of aromatic hydroxyl groups is 2. The molecule has 2 aromatic carbocycles. The van der Waals surface area contributed by atoms with Crippen LogP contribution in [0.5, 0.6) is 17.2 Å². The number of allylic oxidation sites excluding steroid dienone is 1. The number of halogens is 2. The fourth-order valence-corrected chi connectivity index (χ4v) is 3.99. The molecule has 0 unspecified atom stereocenters. The van der Waals surface area contributed by atoms with Crippen molar-refractivity contribution in [3.63, 3.8) is 0 Å². The van der Waals surface area contributed by atoms with E-state index in [9.17, 15) is 15.0 Å². The molecule has 1 saturated heterocycles. The zero-order valence-corrected chi connectivity index (χ0v) is 18.2. The summed E-state index contributed by atoms with van der Waals surface area (Å²) in [5.41, 5.74) is 2.52. The summed E-state index contributed by atoms with van der Waals surface area (Å²) >= 11 is 0. The molecule has 2 aliphatic rings. The number of phenolic OH excluding ortho intramolecular Hbond substituents is 2. The van der Waals surface area contributed by atoms with Crippen molar-refractivity contribution in [2.75, 3.05) is 26.2 Å². The number of carbonyl (C=O) groups is 1. The van der Waals surface area contributed by atoms with E-state index in [1.165, 1.54) is 0 Å². The highest BCUT2D eigenvalue weighted by atomic mass is 35.5. The van der Waals surface area contributed by atoms with Gasteiger partial charge in [0, 0.05) is 55.4 Å². The number of piperazine rings is 1. The molecule has 3 heterocycles. The number of H-pyrrole nitrogens is 1. The van der Waals surface area contributed by atoms with Gasteiger partial charge in [-0.15, -0.1) is 24.8 Å². The molecule has 5 rings (SSSR count). The highest BCUT2D eigenvalue weighted by Crippen LogP contribution is 2.41. The lowest BCUT2D eigenvalue weighted by molar-refractivity contribution is 0.101. The van der Waals surface area contributed by atoms with Crippen molar-refractivity contribution in [1.82, 2.24) is 15.2 Å². The minimum absolute atomic E-state index is 0. The van der Waals surface area contributed by atoms with Gasteiger partial charge >= 0.3 is 0 Å². The van der Waals surface area contributed by atoms with Crippen LogP contribution < -0.4 is 10.1 Å². The lowest BCUT2D eigenvalue weighted by atomic mass is 10.0. The fourth-order valence-electron chi connectivity index (χ4n) is 3.99. The van der Waals surface area contributed by atoms with Gasteiger partial charge in [0.1, 0.15) is 17.2 Å². The second-order valence-corrected chi connectivity index (χ2v) is 7.35. The number of benzene rings is 2. The summed E-state index contributed by atoms with van der Waals surface area (Å²) in [6.07, 6.45) is 3.36. The van der Waals surface area contributed by atoms with Crippen LogP contribution in [0.4, 0.5) is 0 Å². The predicted octanol–water partition coefficient (Wildman–Crippen LogP) is 3.44. The molecule has 4 N–H and O–H groups in total. The van der Waals surface area contributed by atoms with Crippen LogP contribution in [0.25, 0.3) is 17.0 Å². The Morgan fingerprint density at radius 1 is 1.06 bits per heavy atom. The fraction of sp³-hybridized carbons (Fsp3) is 0.227. The van der Waals surface area contributed by atoms with E-state index in [4.69, 9.17) is 4.74 Å². The second kappa shape index (κ2) is 9.20. The number of hydrogen-bond donors (Lipinski definition) is 4. The van der Waals surface area contributed by atoms with Gasteiger partial charge in [-0.05, 0) is 30.3 Å². The van der Waals surface area contributed by atoms with Crippen molar-refractivity contribution in [3.05, 3.63) is 59.0 Å². The Hall–Kier alpha value is -2.71. The number of phenols is 2. The van der Waals surface area contributed by atoms with E-state index >= 15 is 0 Å². The van der Waals surface area contributed by atoms with Crippen LogP contribution in [0.15, 0.2) is 42.3 Å².